The third-order valence-corrected chi connectivity index (χ3v) is 22.4. The van der Waals surface area contributed by atoms with Crippen molar-refractivity contribution in [1.82, 2.24) is 74.0 Å². The number of aromatic carboxylic acids is 1. The molecule has 0 spiro atoms. The van der Waals surface area contributed by atoms with Crippen LogP contribution in [0.5, 0.6) is 11.8 Å². The van der Waals surface area contributed by atoms with Crippen molar-refractivity contribution in [1.29, 1.82) is 0 Å². The van der Waals surface area contributed by atoms with Crippen LogP contribution in [-0.2, 0) is 29.6 Å². The van der Waals surface area contributed by atoms with E-state index in [1.54, 1.807) is 46.2 Å². The minimum absolute atomic E-state index is 0.00249. The number of hydrogen-bond donors (Lipinski definition) is 5. The van der Waals surface area contributed by atoms with E-state index in [1.807, 2.05) is 4.72 Å². The number of aromatic nitrogens is 12. The molecule has 2 aliphatic heterocycles. The number of likely N-dealkylation sites (tertiary alicyclic amines) is 2. The number of nitrogens with zero attached hydrogens (tertiary/aromatic N) is 14. The van der Waals surface area contributed by atoms with Crippen LogP contribution in [0, 0.1) is 22.7 Å². The molecule has 4 atom stereocenters. The van der Waals surface area contributed by atoms with E-state index in [1.165, 1.54) is 107 Å². The van der Waals surface area contributed by atoms with Gasteiger partial charge in [-0.3, -0.25) is 14.4 Å². The van der Waals surface area contributed by atoms with Crippen LogP contribution in [0.15, 0.2) is 133 Å². The molecule has 29 nitrogen and oxygen atoms in total. The van der Waals surface area contributed by atoms with Gasteiger partial charge in [0.25, 0.3) is 26.0 Å². The third kappa shape index (κ3) is 22.1. The van der Waals surface area contributed by atoms with Gasteiger partial charge in [-0.15, -0.1) is 10.2 Å². The number of carboxylic acid groups (broad SMARTS) is 1. The Morgan fingerprint density at radius 3 is 1.32 bits per heavy atom. The average molecular weight is 1710 g/mol. The number of ether oxygens (including phenoxy) is 2. The topological polar surface area (TPSA) is 383 Å². The van der Waals surface area contributed by atoms with Gasteiger partial charge in [0.1, 0.15) is 34.6 Å². The Hall–Kier alpha value is -10.1. The van der Waals surface area contributed by atoms with Crippen molar-refractivity contribution in [3.8, 4) is 23.4 Å². The van der Waals surface area contributed by atoms with Gasteiger partial charge in [-0.25, -0.2) is 72.3 Å². The molecule has 8 aromatic rings. The first-order valence-electron chi connectivity index (χ1n) is 35.1. The fourth-order valence-corrected chi connectivity index (χ4v) is 15.2. The summed E-state index contributed by atoms with van der Waals surface area (Å²) in [7, 11) is -8.59. The molecular formula is C70H74Cl2F12N18O11S2. The molecule has 8 aromatic heterocycles. The minimum Gasteiger partial charge on any atom is -0.478 e. The van der Waals surface area contributed by atoms with Crippen LogP contribution in [0.4, 0.5) is 64.3 Å². The summed E-state index contributed by atoms with van der Waals surface area (Å²) in [6.07, 6.45) is -4.13. The monoisotopic (exact) mass is 1700 g/mol. The Morgan fingerprint density at radius 2 is 0.957 bits per heavy atom. The first kappa shape index (κ1) is 87.2. The second kappa shape index (κ2) is 34.3. The lowest BCUT2D eigenvalue weighted by Crippen LogP contribution is -2.48. The molecule has 2 saturated heterocycles. The van der Waals surface area contributed by atoms with Crippen molar-refractivity contribution in [2.75, 3.05) is 36.9 Å². The summed E-state index contributed by atoms with van der Waals surface area (Å²) < 4.78 is 222. The molecule has 45 heteroatoms. The van der Waals surface area contributed by atoms with Crippen molar-refractivity contribution in [2.24, 2.45) is 27.8 Å². The number of sulfonamides is 2. The van der Waals surface area contributed by atoms with Crippen molar-refractivity contribution >= 4 is 78.6 Å². The summed E-state index contributed by atoms with van der Waals surface area (Å²) in [5, 5.41) is 27.1. The van der Waals surface area contributed by atoms with Crippen molar-refractivity contribution in [2.45, 2.75) is 163 Å². The van der Waals surface area contributed by atoms with Gasteiger partial charge in [0.2, 0.25) is 11.8 Å². The highest BCUT2D eigenvalue weighted by atomic mass is 35.5. The maximum atomic E-state index is 13.3. The number of nitrogens with one attached hydrogen (secondary N) is 3. The van der Waals surface area contributed by atoms with Crippen molar-refractivity contribution in [3.05, 3.63) is 155 Å². The number of carbonyl (C=O) groups excluding carboxylic acids is 3. The van der Waals surface area contributed by atoms with Crippen LogP contribution in [0.1, 0.15) is 149 Å². The van der Waals surface area contributed by atoms with Gasteiger partial charge in [-0.2, -0.15) is 61.1 Å². The summed E-state index contributed by atoms with van der Waals surface area (Å²) in [5.41, 5.74) is -4.44. The van der Waals surface area contributed by atoms with Crippen molar-refractivity contribution in [3.63, 3.8) is 0 Å². The zero-order valence-corrected chi connectivity index (χ0v) is 64.3. The molecule has 2 unspecified atom stereocenters. The Kier molecular flexibility index (Phi) is 26.1. The van der Waals surface area contributed by atoms with Gasteiger partial charge in [-0.05, 0) is 165 Å². The van der Waals surface area contributed by atoms with Gasteiger partial charge in [-0.1, -0.05) is 35.3 Å². The van der Waals surface area contributed by atoms with Gasteiger partial charge in [0, 0.05) is 84.6 Å². The number of halogens is 14. The van der Waals surface area contributed by atoms with Gasteiger partial charge >= 0.3 is 42.5 Å². The fourth-order valence-electron chi connectivity index (χ4n) is 13.3. The molecule has 4 aliphatic rings. The number of alkyl halides is 12. The first-order valence-corrected chi connectivity index (χ1v) is 38.9. The van der Waals surface area contributed by atoms with E-state index in [-0.39, 0.29) is 138 Å². The standard InChI is InChI=1S/C35H36ClF6N9O5S.C20H25F3N6O3S.C15H13ClF3N3O3/c1-32(2)16-21(19-50(32)31(53)34(37,38)39)6-8-24(22-17-43-20-44-18-22)45-25-4-3-5-28(46-25)57(54,55)49-30(52)23-7-9-26(47-29(23)36)51-14-10-27(48-51)56-15-13-33(11-12-33)35(40,41)42;1-19(2)8-13(11-29(19)18(30)20(21,22)23)6-7-15(14-9-25-12-26-10-14)27-16-4-3-5-17(28-16)33(24,31)32;16-12-9(13(23)24)1-2-10(20-12)22-7-3-11(21-22)25-8-6-14(4-5-14)15(17,18)19/h3-5,7,9-10,14,17-18,20-21,24H,6,8,11-13,15-16,19H2,1-2H3,(H,45,46)(H,49,52);3-5,9-10,12-13,15H,6-8,11H2,1-2H3,(H,27,28)(H2,24,31,32);1-3,7H,4-6,8H2,(H,23,24)/t21-,24?;13-,15?;/m00./s1. The van der Waals surface area contributed by atoms with Crippen molar-refractivity contribution < 1.29 is 103 Å². The van der Waals surface area contributed by atoms with Gasteiger partial charge < -0.3 is 35.0 Å². The first-order chi connectivity index (χ1) is 53.7. The average Bonchev–Trinajstić information content (AvgIpc) is 1.61. The maximum Gasteiger partial charge on any atom is 0.471 e. The number of hydrogen-bond acceptors (Lipinski definition) is 22. The smallest absolute Gasteiger partial charge is 0.471 e. The third-order valence-electron chi connectivity index (χ3n) is 19.8. The van der Waals surface area contributed by atoms with Crippen LogP contribution in [0.25, 0.3) is 11.6 Å². The largest absolute Gasteiger partial charge is 0.478 e. The SMILES string of the molecule is CC1(C)C[C@H](CCC(Nc2cccc(S(=O)(=O)NC(=O)c3ccc(-n4ccc(OCCC5(C(F)(F)F)CC5)n4)nc3Cl)n2)c2cncnc2)CN1C(=O)C(F)(F)F.CC1(C)C[C@H](CCC(Nc2cccc(S(N)(=O)=O)n2)c2cncnc2)CN1C(=O)C(F)(F)F.O=C(O)c1ccc(-n2ccc(OCCC3(C(F)(F)F)CC3)n2)nc1Cl. The van der Waals surface area contributed by atoms with Crippen LogP contribution in [-0.4, -0.2) is 177 Å². The van der Waals surface area contributed by atoms with E-state index < -0.39 is 107 Å². The van der Waals surface area contributed by atoms with E-state index in [0.717, 1.165) is 15.9 Å². The number of nitrogens with two attached hydrogens (primary N) is 1. The molecule has 12 rings (SSSR count). The highest BCUT2D eigenvalue weighted by molar-refractivity contribution is 7.90. The predicted octanol–water partition coefficient (Wildman–Crippen LogP) is 12.8. The highest BCUT2D eigenvalue weighted by Gasteiger charge is 2.64. The predicted molar refractivity (Wildman–Crippen MR) is 385 cm³/mol. The molecule has 2 saturated carbocycles. The number of anilines is 2. The molecule has 0 bridgehead atoms. The van der Waals surface area contributed by atoms with Crippen LogP contribution < -0.4 is 30.0 Å². The lowest BCUT2D eigenvalue weighted by molar-refractivity contribution is -0.190. The van der Waals surface area contributed by atoms with Crippen LogP contribution >= 0.6 is 23.2 Å². The second-order valence-electron chi connectivity index (χ2n) is 29.0. The summed E-state index contributed by atoms with van der Waals surface area (Å²) in [6, 6.07) is 15.5. The lowest BCUT2D eigenvalue weighted by Gasteiger charge is -2.31. The summed E-state index contributed by atoms with van der Waals surface area (Å²) >= 11 is 12.1. The zero-order valence-electron chi connectivity index (χ0n) is 61.1. The minimum atomic E-state index is -5.00. The van der Waals surface area contributed by atoms with Crippen LogP contribution in [0.2, 0.25) is 10.3 Å². The Bertz CT molecular complexity index is 5050. The number of primary sulfonamides is 1. The normalized spacial score (nSPS) is 18.0. The molecule has 0 aromatic carbocycles. The van der Waals surface area contributed by atoms with E-state index in [0.29, 0.717) is 49.7 Å². The van der Waals surface area contributed by atoms with Gasteiger partial charge in [0.05, 0.1) is 47.3 Å². The Labute approximate surface area is 658 Å². The number of pyridine rings is 4. The fraction of sp³-hybridized carbons (Fsp3) is 0.457. The number of amides is 3. The maximum absolute atomic E-state index is 13.3. The van der Waals surface area contributed by atoms with E-state index in [9.17, 15) is 88.7 Å². The zero-order chi connectivity index (χ0) is 84.1. The summed E-state index contributed by atoms with van der Waals surface area (Å²) in [5.74, 6) is -5.57. The molecule has 0 radical (unpaired) electrons. The van der Waals surface area contributed by atoms with Crippen LogP contribution in [0.3, 0.4) is 0 Å². The van der Waals surface area contributed by atoms with E-state index >= 15 is 0 Å². The van der Waals surface area contributed by atoms with Gasteiger partial charge in [0.15, 0.2) is 21.7 Å². The quantitative estimate of drug-likeness (QED) is 0.0236. The van der Waals surface area contributed by atoms with E-state index in [4.69, 9.17) is 42.9 Å². The molecule has 3 amide bonds. The molecular weight excluding hydrogens is 1630 g/mol. The number of carbonyl (C=O) groups is 4. The Morgan fingerprint density at radius 1 is 0.565 bits per heavy atom. The Balaban J connectivity index is 0.000000202. The molecule has 4 fully saturated rings. The summed E-state index contributed by atoms with van der Waals surface area (Å²) in [4.78, 5) is 82.0. The second-order valence-corrected chi connectivity index (χ2v) is 32.8. The molecule has 620 valence electrons. The summed E-state index contributed by atoms with van der Waals surface area (Å²) in [6.45, 7) is 6.03. The molecule has 2 aliphatic carbocycles. The number of carboxylic acids is 1. The number of rotatable bonds is 27. The molecule has 6 N–H and O–H groups in total. The molecule has 115 heavy (non-hydrogen) atoms. The highest BCUT2D eigenvalue weighted by Crippen LogP contribution is 2.61. The lowest BCUT2D eigenvalue weighted by atomic mass is 9.91. The van der Waals surface area contributed by atoms with E-state index in [2.05, 4.69) is 60.7 Å². The molecule has 10 heterocycles.